The van der Waals surface area contributed by atoms with Gasteiger partial charge in [-0.05, 0) is 18.9 Å². The molecule has 3 aromatic rings. The van der Waals surface area contributed by atoms with Crippen LogP contribution in [-0.4, -0.2) is 25.8 Å². The molecule has 0 aliphatic carbocycles. The van der Waals surface area contributed by atoms with Crippen molar-refractivity contribution in [2.24, 2.45) is 7.05 Å². The average molecular weight is 351 g/mol. The van der Waals surface area contributed by atoms with E-state index in [0.717, 1.165) is 28.5 Å². The number of carbonyl (C=O) groups is 1. The fourth-order valence-electron chi connectivity index (χ4n) is 2.61. The van der Waals surface area contributed by atoms with Crippen LogP contribution >= 0.6 is 11.8 Å². The maximum atomic E-state index is 12.7. The minimum atomic E-state index is -0.223. The quantitative estimate of drug-likeness (QED) is 0.487. The van der Waals surface area contributed by atoms with E-state index < -0.39 is 0 Å². The Morgan fingerprint density at radius 1 is 1.08 bits per heavy atom. The van der Waals surface area contributed by atoms with Gasteiger partial charge in [-0.2, -0.15) is 0 Å². The zero-order valence-electron chi connectivity index (χ0n) is 14.6. The van der Waals surface area contributed by atoms with Gasteiger partial charge in [-0.1, -0.05) is 73.3 Å². The molecule has 2 aromatic carbocycles. The average Bonchev–Trinajstić information content (AvgIpc) is 3.02. The van der Waals surface area contributed by atoms with E-state index in [9.17, 15) is 4.79 Å². The molecule has 0 N–H and O–H groups in total. The summed E-state index contributed by atoms with van der Waals surface area (Å²) in [6.45, 7) is 4.02. The van der Waals surface area contributed by atoms with Crippen molar-refractivity contribution >= 4 is 17.5 Å². The van der Waals surface area contributed by atoms with Crippen LogP contribution in [-0.2, 0) is 13.5 Å². The maximum Gasteiger partial charge on any atom is 0.191 e. The lowest BCUT2D eigenvalue weighted by atomic mass is 10.1. The molecule has 25 heavy (non-hydrogen) atoms. The van der Waals surface area contributed by atoms with Gasteiger partial charge in [0.25, 0.3) is 0 Å². The molecule has 0 amide bonds. The van der Waals surface area contributed by atoms with Crippen LogP contribution in [0.4, 0.5) is 0 Å². The van der Waals surface area contributed by atoms with Gasteiger partial charge in [0.2, 0.25) is 0 Å². The van der Waals surface area contributed by atoms with Crippen LogP contribution < -0.4 is 0 Å². The van der Waals surface area contributed by atoms with Crippen LogP contribution in [0.15, 0.2) is 59.8 Å². The highest BCUT2D eigenvalue weighted by Crippen LogP contribution is 2.27. The summed E-state index contributed by atoms with van der Waals surface area (Å²) in [6.07, 6.45) is 0.972. The van der Waals surface area contributed by atoms with E-state index in [-0.39, 0.29) is 11.0 Å². The molecule has 1 heterocycles. The van der Waals surface area contributed by atoms with Gasteiger partial charge in [-0.3, -0.25) is 4.79 Å². The molecule has 5 heteroatoms. The largest absolute Gasteiger partial charge is 0.305 e. The third kappa shape index (κ3) is 3.82. The number of rotatable bonds is 6. The summed E-state index contributed by atoms with van der Waals surface area (Å²) in [4.78, 5) is 12.7. The first-order valence-corrected chi connectivity index (χ1v) is 9.22. The number of benzene rings is 2. The van der Waals surface area contributed by atoms with Crippen molar-refractivity contribution in [3.05, 3.63) is 65.7 Å². The van der Waals surface area contributed by atoms with Crippen LogP contribution in [0.3, 0.4) is 0 Å². The highest BCUT2D eigenvalue weighted by atomic mass is 32.2. The molecule has 0 saturated heterocycles. The molecule has 0 bridgehead atoms. The molecule has 0 fully saturated rings. The predicted molar refractivity (Wildman–Crippen MR) is 102 cm³/mol. The molecule has 1 aromatic heterocycles. The maximum absolute atomic E-state index is 12.7. The number of carbonyl (C=O) groups excluding carboxylic acids is 1. The Morgan fingerprint density at radius 2 is 1.76 bits per heavy atom. The summed E-state index contributed by atoms with van der Waals surface area (Å²) in [6, 6.07) is 17.8. The lowest BCUT2D eigenvalue weighted by Gasteiger charge is -2.10. The molecule has 128 valence electrons. The highest BCUT2D eigenvalue weighted by Gasteiger charge is 2.20. The molecule has 0 radical (unpaired) electrons. The van der Waals surface area contributed by atoms with E-state index in [0.29, 0.717) is 0 Å². The second-order valence-corrected chi connectivity index (χ2v) is 7.21. The Kier molecular flexibility index (Phi) is 5.34. The van der Waals surface area contributed by atoms with Crippen molar-refractivity contribution < 1.29 is 4.79 Å². The number of aryl methyl sites for hydroxylation is 1. The smallest absolute Gasteiger partial charge is 0.191 e. The fourth-order valence-corrected chi connectivity index (χ4v) is 3.50. The number of hydrogen-bond donors (Lipinski definition) is 0. The Morgan fingerprint density at radius 3 is 2.40 bits per heavy atom. The van der Waals surface area contributed by atoms with Gasteiger partial charge >= 0.3 is 0 Å². The molecule has 0 saturated carbocycles. The topological polar surface area (TPSA) is 47.8 Å². The second kappa shape index (κ2) is 7.66. The van der Waals surface area contributed by atoms with Crippen molar-refractivity contribution in [2.75, 3.05) is 0 Å². The van der Waals surface area contributed by atoms with Gasteiger partial charge in [-0.15, -0.1) is 10.2 Å². The van der Waals surface area contributed by atoms with Crippen molar-refractivity contribution in [3.63, 3.8) is 0 Å². The van der Waals surface area contributed by atoms with E-state index in [1.807, 2.05) is 73.1 Å². The van der Waals surface area contributed by atoms with E-state index in [2.05, 4.69) is 17.1 Å². The standard InChI is InChI=1S/C20H21N3OS/c1-4-15-10-12-16(13-11-15)18(24)14(2)25-20-22-21-19(23(20)3)17-8-6-5-7-9-17/h5-14H,4H2,1-3H3/t14-/m0/s1. The van der Waals surface area contributed by atoms with Crippen molar-refractivity contribution in [2.45, 2.75) is 30.7 Å². The predicted octanol–water partition coefficient (Wildman–Crippen LogP) is 4.41. The Hall–Kier alpha value is -2.40. The lowest BCUT2D eigenvalue weighted by Crippen LogP contribution is -2.14. The molecule has 3 rings (SSSR count). The zero-order valence-corrected chi connectivity index (χ0v) is 15.5. The zero-order chi connectivity index (χ0) is 17.8. The van der Waals surface area contributed by atoms with Crippen LogP contribution in [0, 0.1) is 0 Å². The Bertz CT molecular complexity index is 856. The van der Waals surface area contributed by atoms with Crippen molar-refractivity contribution in [3.8, 4) is 11.4 Å². The van der Waals surface area contributed by atoms with E-state index in [1.54, 1.807) is 0 Å². The van der Waals surface area contributed by atoms with E-state index >= 15 is 0 Å². The number of hydrogen-bond acceptors (Lipinski definition) is 4. The summed E-state index contributed by atoms with van der Waals surface area (Å²) in [5.74, 6) is 0.909. The van der Waals surface area contributed by atoms with Crippen molar-refractivity contribution in [1.82, 2.24) is 14.8 Å². The summed E-state index contributed by atoms with van der Waals surface area (Å²) in [7, 11) is 1.93. The summed E-state index contributed by atoms with van der Waals surface area (Å²) >= 11 is 1.44. The molecule has 0 aliphatic heterocycles. The highest BCUT2D eigenvalue weighted by molar-refractivity contribution is 8.00. The molecule has 0 spiro atoms. The minimum absolute atomic E-state index is 0.108. The third-order valence-electron chi connectivity index (χ3n) is 4.17. The summed E-state index contributed by atoms with van der Waals surface area (Å²) in [5.41, 5.74) is 2.98. The first-order valence-electron chi connectivity index (χ1n) is 8.34. The Labute approximate surface area is 152 Å². The van der Waals surface area contributed by atoms with Gasteiger partial charge < -0.3 is 4.57 Å². The normalized spacial score (nSPS) is 12.1. The van der Waals surface area contributed by atoms with Crippen LogP contribution in [0.5, 0.6) is 0 Å². The van der Waals surface area contributed by atoms with Crippen LogP contribution in [0.1, 0.15) is 29.8 Å². The molecule has 1 atom stereocenters. The second-order valence-electron chi connectivity index (χ2n) is 5.91. The first-order chi connectivity index (χ1) is 12.1. The molecule has 0 unspecified atom stereocenters. The monoisotopic (exact) mass is 351 g/mol. The van der Waals surface area contributed by atoms with Crippen LogP contribution in [0.2, 0.25) is 0 Å². The first kappa shape index (κ1) is 17.4. The minimum Gasteiger partial charge on any atom is -0.305 e. The van der Waals surface area contributed by atoms with Gasteiger partial charge in [0.05, 0.1) is 5.25 Å². The number of Topliss-reactive ketones (excluding diaryl/α,β-unsaturated/α-hetero) is 1. The fraction of sp³-hybridized carbons (Fsp3) is 0.250. The van der Waals surface area contributed by atoms with E-state index in [1.165, 1.54) is 17.3 Å². The number of nitrogens with zero attached hydrogens (tertiary/aromatic N) is 3. The molecule has 4 nitrogen and oxygen atoms in total. The number of ketones is 1. The van der Waals surface area contributed by atoms with Gasteiger partial charge in [-0.25, -0.2) is 0 Å². The molecular weight excluding hydrogens is 330 g/mol. The third-order valence-corrected chi connectivity index (χ3v) is 5.30. The Balaban J connectivity index is 1.75. The van der Waals surface area contributed by atoms with Gasteiger partial charge in [0.1, 0.15) is 0 Å². The SMILES string of the molecule is CCc1ccc(C(=O)[C@H](C)Sc2nnc(-c3ccccc3)n2C)cc1. The molecule has 0 aliphatic rings. The number of thioether (sulfide) groups is 1. The number of aromatic nitrogens is 3. The van der Waals surface area contributed by atoms with Gasteiger partial charge in [0.15, 0.2) is 16.8 Å². The van der Waals surface area contributed by atoms with Crippen molar-refractivity contribution in [1.29, 1.82) is 0 Å². The van der Waals surface area contributed by atoms with E-state index in [4.69, 9.17) is 0 Å². The summed E-state index contributed by atoms with van der Waals surface area (Å²) < 4.78 is 1.93. The molecular formula is C20H21N3OS. The lowest BCUT2D eigenvalue weighted by molar-refractivity contribution is 0.0994. The van der Waals surface area contributed by atoms with Crippen LogP contribution in [0.25, 0.3) is 11.4 Å². The summed E-state index contributed by atoms with van der Waals surface area (Å²) in [5, 5.41) is 9.05. The van der Waals surface area contributed by atoms with Gasteiger partial charge in [0, 0.05) is 18.2 Å².